The highest BCUT2D eigenvalue weighted by molar-refractivity contribution is 7.13. The van der Waals surface area contributed by atoms with Gasteiger partial charge in [0.25, 0.3) is 5.91 Å². The van der Waals surface area contributed by atoms with Crippen molar-refractivity contribution in [1.29, 1.82) is 0 Å². The van der Waals surface area contributed by atoms with Gasteiger partial charge in [-0.1, -0.05) is 23.8 Å². The number of nitrogens with one attached hydrogen (secondary N) is 1. The average molecular weight is 338 g/mol. The molecule has 0 fully saturated rings. The van der Waals surface area contributed by atoms with E-state index in [0.717, 1.165) is 21.7 Å². The minimum absolute atomic E-state index is 0.00588. The van der Waals surface area contributed by atoms with E-state index in [1.807, 2.05) is 60.8 Å². The summed E-state index contributed by atoms with van der Waals surface area (Å²) in [6, 6.07) is 15.6. The molecule has 2 heterocycles. The molecule has 0 radical (unpaired) electrons. The lowest BCUT2D eigenvalue weighted by molar-refractivity contribution is -0.123. The van der Waals surface area contributed by atoms with Crippen LogP contribution in [0, 0.1) is 6.92 Å². The van der Waals surface area contributed by atoms with Crippen LogP contribution in [-0.4, -0.2) is 17.5 Å². The minimum atomic E-state index is -0.148. The molecule has 0 bridgehead atoms. The molecule has 0 aliphatic rings. The van der Waals surface area contributed by atoms with Gasteiger partial charge in [-0.25, -0.2) is 0 Å². The molecule has 0 saturated heterocycles. The van der Waals surface area contributed by atoms with Gasteiger partial charge in [0, 0.05) is 12.7 Å². The van der Waals surface area contributed by atoms with E-state index >= 15 is 0 Å². The van der Waals surface area contributed by atoms with Gasteiger partial charge in [0.05, 0.1) is 10.6 Å². The highest BCUT2D eigenvalue weighted by Crippen LogP contribution is 2.22. The largest absolute Gasteiger partial charge is 0.484 e. The molecule has 0 aliphatic heterocycles. The van der Waals surface area contributed by atoms with E-state index in [1.54, 1.807) is 17.5 Å². The fourth-order valence-corrected chi connectivity index (χ4v) is 2.87. The van der Waals surface area contributed by atoms with Gasteiger partial charge in [-0.3, -0.25) is 9.78 Å². The van der Waals surface area contributed by atoms with Crippen LogP contribution in [0.15, 0.2) is 60.1 Å². The standard InChI is InChI=1S/C19H18N2O2S/c1-14-4-6-16(7-5-14)23-13-19(22)21-12-15-8-9-20-17(11-15)18-3-2-10-24-18/h2-11H,12-13H2,1H3,(H,21,22). The number of amides is 1. The van der Waals surface area contributed by atoms with Crippen molar-refractivity contribution < 1.29 is 9.53 Å². The maximum Gasteiger partial charge on any atom is 0.258 e. The van der Waals surface area contributed by atoms with Crippen LogP contribution in [0.4, 0.5) is 0 Å². The Morgan fingerprint density at radius 3 is 2.79 bits per heavy atom. The zero-order valence-electron chi connectivity index (χ0n) is 13.4. The molecule has 1 aromatic carbocycles. The molecule has 1 N–H and O–H groups in total. The van der Waals surface area contributed by atoms with Gasteiger partial charge in [0.15, 0.2) is 6.61 Å². The lowest BCUT2D eigenvalue weighted by Crippen LogP contribution is -2.28. The molecular weight excluding hydrogens is 320 g/mol. The number of carbonyl (C=O) groups excluding carboxylic acids is 1. The van der Waals surface area contributed by atoms with Crippen LogP contribution in [-0.2, 0) is 11.3 Å². The molecule has 4 nitrogen and oxygen atoms in total. The number of aromatic nitrogens is 1. The third-order valence-electron chi connectivity index (χ3n) is 3.48. The second-order valence-corrected chi connectivity index (χ2v) is 6.35. The van der Waals surface area contributed by atoms with Crippen LogP contribution < -0.4 is 10.1 Å². The van der Waals surface area contributed by atoms with Crippen molar-refractivity contribution in [2.45, 2.75) is 13.5 Å². The van der Waals surface area contributed by atoms with Gasteiger partial charge >= 0.3 is 0 Å². The molecular formula is C19H18N2O2S. The molecule has 0 unspecified atom stereocenters. The number of ether oxygens (including phenoxy) is 1. The summed E-state index contributed by atoms with van der Waals surface area (Å²) in [6.45, 7) is 2.47. The van der Waals surface area contributed by atoms with Gasteiger partial charge < -0.3 is 10.1 Å². The maximum atomic E-state index is 11.9. The van der Waals surface area contributed by atoms with E-state index in [4.69, 9.17) is 4.74 Å². The van der Waals surface area contributed by atoms with Gasteiger partial charge in [-0.2, -0.15) is 0 Å². The summed E-state index contributed by atoms with van der Waals surface area (Å²) in [5.41, 5.74) is 3.09. The topological polar surface area (TPSA) is 51.2 Å². The fourth-order valence-electron chi connectivity index (χ4n) is 2.18. The number of hydrogen-bond donors (Lipinski definition) is 1. The van der Waals surface area contributed by atoms with Crippen LogP contribution in [0.3, 0.4) is 0 Å². The second kappa shape index (κ2) is 7.75. The molecule has 0 atom stereocenters. The van der Waals surface area contributed by atoms with E-state index in [-0.39, 0.29) is 12.5 Å². The zero-order valence-corrected chi connectivity index (χ0v) is 14.2. The Balaban J connectivity index is 1.51. The Labute approximate surface area is 145 Å². The molecule has 3 rings (SSSR count). The Morgan fingerprint density at radius 1 is 1.21 bits per heavy atom. The van der Waals surface area contributed by atoms with Crippen molar-refractivity contribution >= 4 is 17.2 Å². The maximum absolute atomic E-state index is 11.9. The normalized spacial score (nSPS) is 10.4. The summed E-state index contributed by atoms with van der Waals surface area (Å²) in [5.74, 6) is 0.546. The Bertz CT molecular complexity index is 798. The summed E-state index contributed by atoms with van der Waals surface area (Å²) in [6.07, 6.45) is 1.76. The highest BCUT2D eigenvalue weighted by Gasteiger charge is 2.05. The number of thiophene rings is 1. The number of pyridine rings is 1. The molecule has 24 heavy (non-hydrogen) atoms. The number of benzene rings is 1. The predicted molar refractivity (Wildman–Crippen MR) is 96.1 cm³/mol. The monoisotopic (exact) mass is 338 g/mol. The molecule has 3 aromatic rings. The quantitative estimate of drug-likeness (QED) is 0.743. The zero-order chi connectivity index (χ0) is 16.8. The van der Waals surface area contributed by atoms with Crippen LogP contribution in [0.5, 0.6) is 5.75 Å². The van der Waals surface area contributed by atoms with E-state index in [2.05, 4.69) is 10.3 Å². The lowest BCUT2D eigenvalue weighted by atomic mass is 10.2. The van der Waals surface area contributed by atoms with E-state index < -0.39 is 0 Å². The van der Waals surface area contributed by atoms with Crippen molar-refractivity contribution in [1.82, 2.24) is 10.3 Å². The van der Waals surface area contributed by atoms with E-state index in [1.165, 1.54) is 0 Å². The Hall–Kier alpha value is -2.66. The fraction of sp³-hybridized carbons (Fsp3) is 0.158. The summed E-state index contributed by atoms with van der Waals surface area (Å²) in [4.78, 5) is 17.4. The molecule has 1 amide bonds. The molecule has 0 saturated carbocycles. The number of rotatable bonds is 6. The first-order valence-corrected chi connectivity index (χ1v) is 8.53. The number of carbonyl (C=O) groups is 1. The van der Waals surface area contributed by atoms with Crippen molar-refractivity contribution in [2.24, 2.45) is 0 Å². The van der Waals surface area contributed by atoms with Crippen molar-refractivity contribution in [3.05, 3.63) is 71.2 Å². The molecule has 2 aromatic heterocycles. The van der Waals surface area contributed by atoms with Crippen molar-refractivity contribution in [3.63, 3.8) is 0 Å². The lowest BCUT2D eigenvalue weighted by Gasteiger charge is -2.08. The molecule has 0 aliphatic carbocycles. The summed E-state index contributed by atoms with van der Waals surface area (Å²) >= 11 is 1.65. The van der Waals surface area contributed by atoms with Gasteiger partial charge in [0.1, 0.15) is 5.75 Å². The average Bonchev–Trinajstić information content (AvgIpc) is 3.14. The van der Waals surface area contributed by atoms with Gasteiger partial charge in [-0.05, 0) is 48.2 Å². The predicted octanol–water partition coefficient (Wildman–Crippen LogP) is 3.81. The summed E-state index contributed by atoms with van der Waals surface area (Å²) in [5, 5.41) is 4.89. The first kappa shape index (κ1) is 16.2. The summed E-state index contributed by atoms with van der Waals surface area (Å²) in [7, 11) is 0. The van der Waals surface area contributed by atoms with Gasteiger partial charge in [-0.15, -0.1) is 11.3 Å². The van der Waals surface area contributed by atoms with Crippen LogP contribution in [0.2, 0.25) is 0 Å². The highest BCUT2D eigenvalue weighted by atomic mass is 32.1. The molecule has 122 valence electrons. The van der Waals surface area contributed by atoms with Crippen LogP contribution >= 0.6 is 11.3 Å². The first-order chi connectivity index (χ1) is 11.7. The van der Waals surface area contributed by atoms with Crippen LogP contribution in [0.25, 0.3) is 10.6 Å². The Kier molecular flexibility index (Phi) is 5.23. The third-order valence-corrected chi connectivity index (χ3v) is 4.37. The Morgan fingerprint density at radius 2 is 2.04 bits per heavy atom. The summed E-state index contributed by atoms with van der Waals surface area (Å²) < 4.78 is 5.47. The number of aryl methyl sites for hydroxylation is 1. The third kappa shape index (κ3) is 4.43. The van der Waals surface area contributed by atoms with Crippen LogP contribution in [0.1, 0.15) is 11.1 Å². The van der Waals surface area contributed by atoms with E-state index in [9.17, 15) is 4.79 Å². The molecule has 5 heteroatoms. The molecule has 0 spiro atoms. The smallest absolute Gasteiger partial charge is 0.258 e. The number of nitrogens with zero attached hydrogens (tertiary/aromatic N) is 1. The van der Waals surface area contributed by atoms with Crippen molar-refractivity contribution in [3.8, 4) is 16.3 Å². The first-order valence-electron chi connectivity index (χ1n) is 7.66. The second-order valence-electron chi connectivity index (χ2n) is 5.41. The van der Waals surface area contributed by atoms with Gasteiger partial charge in [0.2, 0.25) is 0 Å². The minimum Gasteiger partial charge on any atom is -0.484 e. The number of hydrogen-bond acceptors (Lipinski definition) is 4. The SMILES string of the molecule is Cc1ccc(OCC(=O)NCc2ccnc(-c3cccs3)c2)cc1. The van der Waals surface area contributed by atoms with E-state index in [0.29, 0.717) is 12.3 Å². The van der Waals surface area contributed by atoms with Crippen molar-refractivity contribution in [2.75, 3.05) is 6.61 Å².